The molecule has 5 nitrogen and oxygen atoms in total. The van der Waals surface area contributed by atoms with Gasteiger partial charge in [-0.3, -0.25) is 0 Å². The molecule has 1 aromatic heterocycles. The Bertz CT molecular complexity index is 628. The fourth-order valence-electron chi connectivity index (χ4n) is 2.09. The maximum atomic E-state index is 5.90. The molecule has 2 aromatic rings. The van der Waals surface area contributed by atoms with E-state index in [2.05, 4.69) is 23.8 Å². The largest absolute Gasteiger partial charge is 0.485 e. The third-order valence-electron chi connectivity index (χ3n) is 3.17. The molecular weight excluding hydrogens is 254 g/mol. The minimum Gasteiger partial charge on any atom is -0.485 e. The molecule has 1 aliphatic rings. The van der Waals surface area contributed by atoms with Crippen LogP contribution in [-0.2, 0) is 0 Å². The summed E-state index contributed by atoms with van der Waals surface area (Å²) >= 11 is 0. The van der Waals surface area contributed by atoms with Crippen molar-refractivity contribution >= 4 is 5.82 Å². The molecule has 3 rings (SSSR count). The number of nitrogens with zero attached hydrogens (tertiary/aromatic N) is 2. The molecule has 0 radical (unpaired) electrons. The first kappa shape index (κ1) is 12.7. The van der Waals surface area contributed by atoms with Crippen molar-refractivity contribution in [2.45, 2.75) is 25.9 Å². The number of ether oxygens (including phenoxy) is 2. The summed E-state index contributed by atoms with van der Waals surface area (Å²) in [6.45, 7) is 4.52. The third kappa shape index (κ3) is 2.39. The van der Waals surface area contributed by atoms with Crippen molar-refractivity contribution in [1.29, 1.82) is 0 Å². The predicted molar refractivity (Wildman–Crippen MR) is 75.8 cm³/mol. The van der Waals surface area contributed by atoms with Gasteiger partial charge in [-0.15, -0.1) is 0 Å². The minimum absolute atomic E-state index is 0.288. The highest BCUT2D eigenvalue weighted by molar-refractivity contribution is 5.41. The quantitative estimate of drug-likeness (QED) is 0.909. The summed E-state index contributed by atoms with van der Waals surface area (Å²) in [5.41, 5.74) is 6.76. The topological polar surface area (TPSA) is 70.3 Å². The van der Waals surface area contributed by atoms with Gasteiger partial charge < -0.3 is 15.2 Å². The number of para-hydroxylation sites is 2. The second-order valence-electron chi connectivity index (χ2n) is 5.09. The number of nitrogen functional groups attached to an aromatic ring is 1. The zero-order valence-corrected chi connectivity index (χ0v) is 11.5. The Kier molecular flexibility index (Phi) is 3.18. The van der Waals surface area contributed by atoms with Gasteiger partial charge >= 0.3 is 0 Å². The normalized spacial score (nSPS) is 17.2. The highest BCUT2D eigenvalue weighted by Gasteiger charge is 2.25. The number of hydrogen-bond acceptors (Lipinski definition) is 5. The van der Waals surface area contributed by atoms with Gasteiger partial charge in [-0.05, 0) is 18.1 Å². The molecule has 0 aliphatic carbocycles. The first-order chi connectivity index (χ1) is 9.63. The van der Waals surface area contributed by atoms with Crippen molar-refractivity contribution in [2.24, 2.45) is 0 Å². The van der Waals surface area contributed by atoms with E-state index in [0.29, 0.717) is 24.0 Å². The van der Waals surface area contributed by atoms with E-state index < -0.39 is 0 Å². The lowest BCUT2D eigenvalue weighted by Crippen LogP contribution is -2.24. The number of aromatic nitrogens is 2. The van der Waals surface area contributed by atoms with Crippen molar-refractivity contribution in [2.75, 3.05) is 12.3 Å². The Balaban J connectivity index is 1.91. The van der Waals surface area contributed by atoms with Gasteiger partial charge in [0.15, 0.2) is 23.4 Å². The van der Waals surface area contributed by atoms with E-state index in [1.54, 1.807) is 6.07 Å². The monoisotopic (exact) mass is 271 g/mol. The summed E-state index contributed by atoms with van der Waals surface area (Å²) in [7, 11) is 0. The average Bonchev–Trinajstić information content (AvgIpc) is 2.46. The lowest BCUT2D eigenvalue weighted by molar-refractivity contribution is 0.0849. The van der Waals surface area contributed by atoms with Gasteiger partial charge in [0.1, 0.15) is 12.4 Å². The Morgan fingerprint density at radius 2 is 1.95 bits per heavy atom. The van der Waals surface area contributed by atoms with Crippen molar-refractivity contribution < 1.29 is 9.47 Å². The Morgan fingerprint density at radius 1 is 1.20 bits per heavy atom. The molecule has 0 saturated carbocycles. The maximum Gasteiger partial charge on any atom is 0.192 e. The molecule has 2 heterocycles. The maximum absolute atomic E-state index is 5.90. The van der Waals surface area contributed by atoms with Crippen LogP contribution >= 0.6 is 0 Å². The van der Waals surface area contributed by atoms with E-state index in [0.717, 1.165) is 11.4 Å². The average molecular weight is 271 g/mol. The Labute approximate surface area is 117 Å². The Morgan fingerprint density at radius 3 is 2.70 bits per heavy atom. The van der Waals surface area contributed by atoms with E-state index in [1.807, 2.05) is 24.3 Å². The van der Waals surface area contributed by atoms with Gasteiger partial charge in [-0.2, -0.15) is 0 Å². The molecule has 0 saturated heterocycles. The molecule has 0 bridgehead atoms. The van der Waals surface area contributed by atoms with Crippen LogP contribution in [0.25, 0.3) is 0 Å². The van der Waals surface area contributed by atoms with E-state index >= 15 is 0 Å². The molecule has 20 heavy (non-hydrogen) atoms. The first-order valence-electron chi connectivity index (χ1n) is 6.66. The smallest absolute Gasteiger partial charge is 0.192 e. The van der Waals surface area contributed by atoms with Gasteiger partial charge in [-0.25, -0.2) is 9.97 Å². The van der Waals surface area contributed by atoms with Crippen LogP contribution in [-0.4, -0.2) is 16.6 Å². The molecule has 5 heteroatoms. The second-order valence-corrected chi connectivity index (χ2v) is 5.09. The van der Waals surface area contributed by atoms with Crippen molar-refractivity contribution in [3.8, 4) is 11.5 Å². The van der Waals surface area contributed by atoms with Crippen LogP contribution in [0.3, 0.4) is 0 Å². The van der Waals surface area contributed by atoms with E-state index in [9.17, 15) is 0 Å². The van der Waals surface area contributed by atoms with Gasteiger partial charge in [0.05, 0.1) is 0 Å². The van der Waals surface area contributed by atoms with Crippen molar-refractivity contribution in [3.05, 3.63) is 41.9 Å². The SMILES string of the molecule is CC(C)c1cc(N)nc(C2COc3ccccc3O2)n1. The van der Waals surface area contributed by atoms with Crippen LogP contribution in [0.2, 0.25) is 0 Å². The molecule has 0 amide bonds. The minimum atomic E-state index is -0.328. The van der Waals surface area contributed by atoms with Gasteiger partial charge in [0.25, 0.3) is 0 Å². The number of rotatable bonds is 2. The number of fused-ring (bicyclic) bond motifs is 1. The van der Waals surface area contributed by atoms with Crippen LogP contribution in [0.1, 0.15) is 37.4 Å². The summed E-state index contributed by atoms with van der Waals surface area (Å²) in [6, 6.07) is 9.37. The number of hydrogen-bond donors (Lipinski definition) is 1. The fraction of sp³-hybridized carbons (Fsp3) is 0.333. The molecule has 2 N–H and O–H groups in total. The third-order valence-corrected chi connectivity index (χ3v) is 3.17. The summed E-state index contributed by atoms with van der Waals surface area (Å²) in [6.07, 6.45) is -0.328. The van der Waals surface area contributed by atoms with Crippen molar-refractivity contribution in [1.82, 2.24) is 9.97 Å². The first-order valence-corrected chi connectivity index (χ1v) is 6.66. The molecule has 0 spiro atoms. The highest BCUT2D eigenvalue weighted by atomic mass is 16.6. The van der Waals surface area contributed by atoms with E-state index in [1.165, 1.54) is 0 Å². The van der Waals surface area contributed by atoms with Crippen LogP contribution in [0.4, 0.5) is 5.82 Å². The second kappa shape index (κ2) is 5.00. The molecule has 1 unspecified atom stereocenters. The van der Waals surface area contributed by atoms with Crippen LogP contribution in [0.5, 0.6) is 11.5 Å². The molecule has 1 atom stereocenters. The number of anilines is 1. The lowest BCUT2D eigenvalue weighted by Gasteiger charge is -2.25. The Hall–Kier alpha value is -2.30. The summed E-state index contributed by atoms with van der Waals surface area (Å²) in [5.74, 6) is 2.78. The van der Waals surface area contributed by atoms with Crippen molar-refractivity contribution in [3.63, 3.8) is 0 Å². The number of benzene rings is 1. The van der Waals surface area contributed by atoms with Crippen LogP contribution < -0.4 is 15.2 Å². The fourth-order valence-corrected chi connectivity index (χ4v) is 2.09. The molecule has 104 valence electrons. The van der Waals surface area contributed by atoms with E-state index in [4.69, 9.17) is 15.2 Å². The predicted octanol–water partition coefficient (Wildman–Crippen LogP) is 2.69. The molecule has 1 aromatic carbocycles. The standard InChI is InChI=1S/C15H17N3O2/c1-9(2)10-7-14(16)18-15(17-10)13-8-19-11-5-3-4-6-12(11)20-13/h3-7,9,13H,8H2,1-2H3,(H2,16,17,18). The number of nitrogens with two attached hydrogens (primary N) is 1. The van der Waals surface area contributed by atoms with Gasteiger partial charge in [0.2, 0.25) is 0 Å². The molecular formula is C15H17N3O2. The summed E-state index contributed by atoms with van der Waals surface area (Å²) in [5, 5.41) is 0. The highest BCUT2D eigenvalue weighted by Crippen LogP contribution is 2.35. The molecule has 0 fully saturated rings. The molecule has 1 aliphatic heterocycles. The summed E-state index contributed by atoms with van der Waals surface area (Å²) < 4.78 is 11.6. The zero-order valence-electron chi connectivity index (χ0n) is 11.5. The summed E-state index contributed by atoms with van der Waals surface area (Å²) in [4.78, 5) is 8.81. The lowest BCUT2D eigenvalue weighted by atomic mass is 10.1. The van der Waals surface area contributed by atoms with Crippen LogP contribution in [0, 0.1) is 0 Å². The van der Waals surface area contributed by atoms with E-state index in [-0.39, 0.29) is 12.0 Å². The zero-order chi connectivity index (χ0) is 14.1. The van der Waals surface area contributed by atoms with Crippen LogP contribution in [0.15, 0.2) is 30.3 Å². The van der Waals surface area contributed by atoms with Gasteiger partial charge in [0, 0.05) is 11.8 Å². The van der Waals surface area contributed by atoms with Gasteiger partial charge in [-0.1, -0.05) is 26.0 Å².